The summed E-state index contributed by atoms with van der Waals surface area (Å²) in [7, 11) is 0. The number of fused-ring (bicyclic) bond motifs is 1. The predicted octanol–water partition coefficient (Wildman–Crippen LogP) is 5.22. The number of halogens is 1. The topological polar surface area (TPSA) is 58.3 Å². The van der Waals surface area contributed by atoms with Crippen molar-refractivity contribution in [2.45, 2.75) is 42.7 Å². The molecule has 0 radical (unpaired) electrons. The number of piperidine rings is 2. The van der Waals surface area contributed by atoms with Crippen LogP contribution in [0.4, 0.5) is 5.95 Å². The van der Waals surface area contributed by atoms with Crippen LogP contribution in [0, 0.1) is 5.92 Å². The van der Waals surface area contributed by atoms with Crippen molar-refractivity contribution in [2.75, 3.05) is 31.1 Å². The number of anilines is 1. The van der Waals surface area contributed by atoms with E-state index in [-0.39, 0.29) is 0 Å². The molecule has 2 unspecified atom stereocenters. The predicted molar refractivity (Wildman–Crippen MR) is 141 cm³/mol. The molecule has 0 bridgehead atoms. The molecular weight excluding hydrogens is 509 g/mol. The van der Waals surface area contributed by atoms with Crippen LogP contribution in [0.3, 0.4) is 0 Å². The molecule has 0 amide bonds. The highest BCUT2D eigenvalue weighted by molar-refractivity contribution is 14.1. The summed E-state index contributed by atoms with van der Waals surface area (Å²) in [5.74, 6) is 1.44. The lowest BCUT2D eigenvalue weighted by Gasteiger charge is -2.36. The second-order valence-electron chi connectivity index (χ2n) is 9.23. The minimum atomic E-state index is 0.389. The van der Waals surface area contributed by atoms with Crippen molar-refractivity contribution >= 4 is 39.3 Å². The summed E-state index contributed by atoms with van der Waals surface area (Å²) < 4.78 is 0.389. The second-order valence-corrected chi connectivity index (χ2v) is 10.7. The van der Waals surface area contributed by atoms with Crippen molar-refractivity contribution in [1.82, 2.24) is 14.9 Å². The van der Waals surface area contributed by atoms with Crippen LogP contribution in [-0.2, 0) is 6.54 Å². The quantitative estimate of drug-likeness (QED) is 0.273. The standard InChI is InChI=1S/C26H32IN5/c27-25-15-19(17-28)9-13-32(25)26-29-10-8-24(30-26)23-7-6-21-14-20(4-5-22(21)16-23)18-31-11-2-1-3-12-31/h4-8,10,14,16,19,25H,1-3,9,11-13,15,17-18,28H2. The minimum absolute atomic E-state index is 0.389. The summed E-state index contributed by atoms with van der Waals surface area (Å²) in [5, 5.41) is 2.56. The smallest absolute Gasteiger partial charge is 0.226 e. The maximum Gasteiger partial charge on any atom is 0.226 e. The van der Waals surface area contributed by atoms with E-state index >= 15 is 0 Å². The van der Waals surface area contributed by atoms with Crippen LogP contribution < -0.4 is 10.6 Å². The molecule has 1 aromatic heterocycles. The summed E-state index contributed by atoms with van der Waals surface area (Å²) in [4.78, 5) is 14.4. The van der Waals surface area contributed by atoms with Crippen molar-refractivity contribution in [2.24, 2.45) is 11.7 Å². The van der Waals surface area contributed by atoms with E-state index < -0.39 is 0 Å². The molecule has 0 spiro atoms. The molecule has 3 aromatic rings. The Morgan fingerprint density at radius 3 is 2.59 bits per heavy atom. The monoisotopic (exact) mass is 541 g/mol. The summed E-state index contributed by atoms with van der Waals surface area (Å²) in [6, 6.07) is 15.6. The molecule has 32 heavy (non-hydrogen) atoms. The molecule has 3 heterocycles. The van der Waals surface area contributed by atoms with Crippen LogP contribution in [-0.4, -0.2) is 45.1 Å². The van der Waals surface area contributed by atoms with Crippen LogP contribution in [0.25, 0.3) is 22.0 Å². The van der Waals surface area contributed by atoms with E-state index in [2.05, 4.69) is 73.8 Å². The van der Waals surface area contributed by atoms with E-state index in [0.717, 1.165) is 49.7 Å². The zero-order valence-electron chi connectivity index (χ0n) is 18.6. The van der Waals surface area contributed by atoms with Gasteiger partial charge in [0.25, 0.3) is 0 Å². The molecule has 5 nitrogen and oxygen atoms in total. The minimum Gasteiger partial charge on any atom is -0.330 e. The molecule has 2 atom stereocenters. The van der Waals surface area contributed by atoms with Gasteiger partial charge in [-0.3, -0.25) is 4.90 Å². The number of aromatic nitrogens is 2. The fraction of sp³-hybridized carbons (Fsp3) is 0.462. The van der Waals surface area contributed by atoms with Crippen LogP contribution in [0.5, 0.6) is 0 Å². The number of nitrogens with zero attached hydrogens (tertiary/aromatic N) is 4. The van der Waals surface area contributed by atoms with Gasteiger partial charge in [0, 0.05) is 24.8 Å². The van der Waals surface area contributed by atoms with Gasteiger partial charge in [-0.25, -0.2) is 9.97 Å². The van der Waals surface area contributed by atoms with Crippen LogP contribution in [0.1, 0.15) is 37.7 Å². The Labute approximate surface area is 204 Å². The first-order chi connectivity index (χ1) is 15.7. The molecule has 2 aromatic carbocycles. The first-order valence-corrected chi connectivity index (χ1v) is 13.1. The van der Waals surface area contributed by atoms with E-state index in [9.17, 15) is 0 Å². The maximum atomic E-state index is 5.90. The Hall–Kier alpha value is -1.77. The molecule has 2 N–H and O–H groups in total. The average molecular weight is 541 g/mol. The van der Waals surface area contributed by atoms with Crippen molar-refractivity contribution in [1.29, 1.82) is 0 Å². The number of benzene rings is 2. The van der Waals surface area contributed by atoms with Gasteiger partial charge in [-0.15, -0.1) is 0 Å². The fourth-order valence-electron chi connectivity index (χ4n) is 5.00. The SMILES string of the molecule is NCC1CCN(c2nccc(-c3ccc4cc(CN5CCCCC5)ccc4c3)n2)C(I)C1. The van der Waals surface area contributed by atoms with Gasteiger partial charge >= 0.3 is 0 Å². The van der Waals surface area contributed by atoms with Crippen LogP contribution in [0.15, 0.2) is 48.7 Å². The van der Waals surface area contributed by atoms with Gasteiger partial charge in [0.05, 0.1) is 9.74 Å². The molecule has 2 aliphatic heterocycles. The largest absolute Gasteiger partial charge is 0.330 e. The molecule has 6 heteroatoms. The first kappa shape index (κ1) is 22.0. The lowest BCUT2D eigenvalue weighted by atomic mass is 9.97. The highest BCUT2D eigenvalue weighted by Crippen LogP contribution is 2.31. The maximum absolute atomic E-state index is 5.90. The molecule has 2 saturated heterocycles. The van der Waals surface area contributed by atoms with Gasteiger partial charge in [0.2, 0.25) is 5.95 Å². The number of alkyl halides is 1. The third kappa shape index (κ3) is 4.92. The third-order valence-corrected chi connectivity index (χ3v) is 8.11. The number of likely N-dealkylation sites (tertiary alicyclic amines) is 1. The number of nitrogens with two attached hydrogens (primary N) is 1. The van der Waals surface area contributed by atoms with E-state index in [1.54, 1.807) is 0 Å². The lowest BCUT2D eigenvalue weighted by Crippen LogP contribution is -2.41. The number of hydrogen-bond donors (Lipinski definition) is 1. The van der Waals surface area contributed by atoms with Crippen LogP contribution in [0.2, 0.25) is 0 Å². The molecule has 0 saturated carbocycles. The van der Waals surface area contributed by atoms with Crippen molar-refractivity contribution in [3.8, 4) is 11.3 Å². The molecule has 168 valence electrons. The molecule has 2 fully saturated rings. The highest BCUT2D eigenvalue weighted by atomic mass is 127. The Bertz CT molecular complexity index is 1070. The zero-order chi connectivity index (χ0) is 21.9. The van der Waals surface area contributed by atoms with Crippen molar-refractivity contribution < 1.29 is 0 Å². The van der Waals surface area contributed by atoms with E-state index in [1.165, 1.54) is 48.7 Å². The van der Waals surface area contributed by atoms with E-state index in [0.29, 0.717) is 9.97 Å². The molecular formula is C26H32IN5. The number of hydrogen-bond acceptors (Lipinski definition) is 5. The summed E-state index contributed by atoms with van der Waals surface area (Å²) in [5.41, 5.74) is 9.43. The molecule has 2 aliphatic rings. The molecule has 5 rings (SSSR count). The second kappa shape index (κ2) is 10.0. The van der Waals surface area contributed by atoms with E-state index in [1.807, 2.05) is 12.3 Å². The summed E-state index contributed by atoms with van der Waals surface area (Å²) in [6.07, 6.45) is 8.15. The number of rotatable bonds is 5. The van der Waals surface area contributed by atoms with Crippen molar-refractivity contribution in [3.63, 3.8) is 0 Å². The highest BCUT2D eigenvalue weighted by Gasteiger charge is 2.27. The van der Waals surface area contributed by atoms with E-state index in [4.69, 9.17) is 10.7 Å². The van der Waals surface area contributed by atoms with Crippen molar-refractivity contribution in [3.05, 3.63) is 54.2 Å². The Morgan fingerprint density at radius 1 is 0.969 bits per heavy atom. The fourth-order valence-corrected chi connectivity index (χ4v) is 6.24. The summed E-state index contributed by atoms with van der Waals surface area (Å²) in [6.45, 7) is 5.26. The Morgan fingerprint density at radius 2 is 1.78 bits per heavy atom. The first-order valence-electron chi connectivity index (χ1n) is 11.9. The summed E-state index contributed by atoms with van der Waals surface area (Å²) >= 11 is 2.51. The Kier molecular flexibility index (Phi) is 6.90. The van der Waals surface area contributed by atoms with Gasteiger partial charge in [-0.05, 0) is 85.8 Å². The van der Waals surface area contributed by atoms with Crippen LogP contribution >= 0.6 is 22.6 Å². The normalized spacial score (nSPS) is 22.4. The Balaban J connectivity index is 1.35. The zero-order valence-corrected chi connectivity index (χ0v) is 20.7. The molecule has 0 aliphatic carbocycles. The van der Waals surface area contributed by atoms with Gasteiger partial charge in [0.15, 0.2) is 0 Å². The van der Waals surface area contributed by atoms with Gasteiger partial charge in [-0.2, -0.15) is 0 Å². The van der Waals surface area contributed by atoms with Gasteiger partial charge in [0.1, 0.15) is 0 Å². The van der Waals surface area contributed by atoms with Gasteiger partial charge < -0.3 is 10.6 Å². The lowest BCUT2D eigenvalue weighted by molar-refractivity contribution is 0.221. The third-order valence-electron chi connectivity index (χ3n) is 6.93. The average Bonchev–Trinajstić information content (AvgIpc) is 2.84. The van der Waals surface area contributed by atoms with Gasteiger partial charge in [-0.1, -0.05) is 53.3 Å².